The Bertz CT molecular complexity index is 415. The molecule has 1 aromatic rings. The smallest absolute Gasteiger partial charge is 0.368 e. The van der Waals surface area contributed by atoms with Gasteiger partial charge in [0.2, 0.25) is 17.8 Å². The van der Waals surface area contributed by atoms with E-state index in [1.54, 1.807) is 0 Å². The fourth-order valence-electron chi connectivity index (χ4n) is 1.70. The van der Waals surface area contributed by atoms with Crippen molar-refractivity contribution in [2.24, 2.45) is 0 Å². The van der Waals surface area contributed by atoms with Crippen molar-refractivity contribution in [3.05, 3.63) is 0 Å². The summed E-state index contributed by atoms with van der Waals surface area (Å²) < 4.78 is 36.2. The summed E-state index contributed by atoms with van der Waals surface area (Å²) in [5.41, 5.74) is 5.46. The summed E-state index contributed by atoms with van der Waals surface area (Å²) in [6.45, 7) is 0.361. The summed E-state index contributed by atoms with van der Waals surface area (Å²) in [6.07, 6.45) is -2.30. The molecule has 0 saturated carbocycles. The van der Waals surface area contributed by atoms with E-state index in [0.717, 1.165) is 25.9 Å². The van der Waals surface area contributed by atoms with E-state index < -0.39 is 12.7 Å². The highest BCUT2D eigenvalue weighted by Crippen LogP contribution is 2.19. The molecule has 6 nitrogen and oxygen atoms in total. The highest BCUT2D eigenvalue weighted by Gasteiger charge is 2.27. The minimum Gasteiger partial charge on any atom is -0.368 e. The van der Waals surface area contributed by atoms with Crippen LogP contribution in [0.15, 0.2) is 0 Å². The number of anilines is 3. The van der Waals surface area contributed by atoms with E-state index in [0.29, 0.717) is 5.95 Å². The van der Waals surface area contributed by atoms with Crippen LogP contribution >= 0.6 is 0 Å². The Morgan fingerprint density at radius 3 is 2.44 bits per heavy atom. The molecule has 3 N–H and O–H groups in total. The second-order valence-electron chi connectivity index (χ2n) is 3.98. The number of hydrogen-bond donors (Lipinski definition) is 2. The Balaban J connectivity index is 2.10. The number of halogens is 3. The number of nitrogen functional groups attached to an aromatic ring is 1. The van der Waals surface area contributed by atoms with Gasteiger partial charge in [0, 0.05) is 13.1 Å². The maximum Gasteiger partial charge on any atom is 0.405 e. The number of hydrogen-bond acceptors (Lipinski definition) is 6. The SMILES string of the molecule is Nc1nc(NCC(F)(F)F)nc(N2CCCC2)n1. The van der Waals surface area contributed by atoms with Crippen molar-refractivity contribution < 1.29 is 13.2 Å². The first-order valence-electron chi connectivity index (χ1n) is 5.51. The topological polar surface area (TPSA) is 80.0 Å². The number of alkyl halides is 3. The lowest BCUT2D eigenvalue weighted by Gasteiger charge is -2.16. The maximum atomic E-state index is 12.1. The minimum atomic E-state index is -4.32. The molecule has 9 heteroatoms. The van der Waals surface area contributed by atoms with Gasteiger partial charge in [-0.05, 0) is 12.8 Å². The Labute approximate surface area is 101 Å². The highest BCUT2D eigenvalue weighted by atomic mass is 19.4. The van der Waals surface area contributed by atoms with Crippen LogP contribution in [0.4, 0.5) is 31.0 Å². The van der Waals surface area contributed by atoms with Gasteiger partial charge < -0.3 is 16.0 Å². The molecular formula is C9H13F3N6. The van der Waals surface area contributed by atoms with Crippen molar-refractivity contribution >= 4 is 17.8 Å². The van der Waals surface area contributed by atoms with Crippen LogP contribution in [0.2, 0.25) is 0 Å². The molecule has 0 bridgehead atoms. The van der Waals surface area contributed by atoms with Crippen LogP contribution in [-0.2, 0) is 0 Å². The quantitative estimate of drug-likeness (QED) is 0.846. The fourth-order valence-corrected chi connectivity index (χ4v) is 1.70. The number of nitrogens with two attached hydrogens (primary N) is 1. The molecule has 2 heterocycles. The van der Waals surface area contributed by atoms with Crippen LogP contribution < -0.4 is 16.0 Å². The molecule has 0 amide bonds. The predicted octanol–water partition coefficient (Wildman–Crippen LogP) is 1.03. The van der Waals surface area contributed by atoms with Crippen molar-refractivity contribution in [2.45, 2.75) is 19.0 Å². The molecule has 1 fully saturated rings. The van der Waals surface area contributed by atoms with Crippen molar-refractivity contribution in [3.63, 3.8) is 0 Å². The van der Waals surface area contributed by atoms with Crippen LogP contribution in [0.1, 0.15) is 12.8 Å². The number of aromatic nitrogens is 3. The van der Waals surface area contributed by atoms with Crippen molar-refractivity contribution in [1.29, 1.82) is 0 Å². The average molecular weight is 262 g/mol. The average Bonchev–Trinajstić information content (AvgIpc) is 2.78. The monoisotopic (exact) mass is 262 g/mol. The van der Waals surface area contributed by atoms with Crippen molar-refractivity contribution in [2.75, 3.05) is 35.6 Å². The summed E-state index contributed by atoms with van der Waals surface area (Å²) >= 11 is 0. The molecule has 0 spiro atoms. The Kier molecular flexibility index (Phi) is 3.39. The number of nitrogens with one attached hydrogen (secondary N) is 1. The summed E-state index contributed by atoms with van der Waals surface area (Å²) in [5, 5.41) is 2.10. The van der Waals surface area contributed by atoms with E-state index in [-0.39, 0.29) is 11.9 Å². The summed E-state index contributed by atoms with van der Waals surface area (Å²) in [6, 6.07) is 0. The zero-order chi connectivity index (χ0) is 13.2. The van der Waals surface area contributed by atoms with E-state index in [1.807, 2.05) is 4.90 Å². The summed E-state index contributed by atoms with van der Waals surface area (Å²) in [4.78, 5) is 13.3. The van der Waals surface area contributed by atoms with Gasteiger partial charge in [0.1, 0.15) is 6.54 Å². The number of nitrogens with zero attached hydrogens (tertiary/aromatic N) is 4. The van der Waals surface area contributed by atoms with E-state index in [1.165, 1.54) is 0 Å². The molecule has 0 unspecified atom stereocenters. The molecule has 0 atom stereocenters. The van der Waals surface area contributed by atoms with Crippen LogP contribution in [0.25, 0.3) is 0 Å². The van der Waals surface area contributed by atoms with Crippen LogP contribution in [0.3, 0.4) is 0 Å². The van der Waals surface area contributed by atoms with Gasteiger partial charge in [-0.1, -0.05) is 0 Å². The third-order valence-corrected chi connectivity index (χ3v) is 2.48. The van der Waals surface area contributed by atoms with Gasteiger partial charge in [-0.15, -0.1) is 0 Å². The second-order valence-corrected chi connectivity index (χ2v) is 3.98. The summed E-state index contributed by atoms with van der Waals surface area (Å²) in [7, 11) is 0. The van der Waals surface area contributed by atoms with E-state index >= 15 is 0 Å². The first kappa shape index (κ1) is 12.7. The van der Waals surface area contributed by atoms with Gasteiger partial charge in [-0.3, -0.25) is 0 Å². The van der Waals surface area contributed by atoms with E-state index in [2.05, 4.69) is 20.3 Å². The molecule has 18 heavy (non-hydrogen) atoms. The van der Waals surface area contributed by atoms with Gasteiger partial charge in [-0.25, -0.2) is 0 Å². The van der Waals surface area contributed by atoms with Crippen LogP contribution in [0, 0.1) is 0 Å². The summed E-state index contributed by atoms with van der Waals surface area (Å²) in [5.74, 6) is 0.0861. The third kappa shape index (κ3) is 3.34. The highest BCUT2D eigenvalue weighted by molar-refractivity contribution is 5.42. The standard InChI is InChI=1S/C9H13F3N6/c10-9(11,12)5-14-7-15-6(13)16-8(17-7)18-3-1-2-4-18/h1-5H2,(H3,13,14,15,16,17). The zero-order valence-electron chi connectivity index (χ0n) is 9.54. The molecule has 1 aliphatic rings. The third-order valence-electron chi connectivity index (χ3n) is 2.48. The predicted molar refractivity (Wildman–Crippen MR) is 60.2 cm³/mol. The molecule has 1 aliphatic heterocycles. The molecule has 0 radical (unpaired) electrons. The normalized spacial score (nSPS) is 16.1. The fraction of sp³-hybridized carbons (Fsp3) is 0.667. The maximum absolute atomic E-state index is 12.1. The van der Waals surface area contributed by atoms with E-state index in [4.69, 9.17) is 5.73 Å². The zero-order valence-corrected chi connectivity index (χ0v) is 9.54. The first-order valence-corrected chi connectivity index (χ1v) is 5.51. The lowest BCUT2D eigenvalue weighted by Crippen LogP contribution is -2.25. The molecule has 2 rings (SSSR count). The molecule has 100 valence electrons. The molecule has 0 aliphatic carbocycles. The van der Waals surface area contributed by atoms with E-state index in [9.17, 15) is 13.2 Å². The Hall–Kier alpha value is -1.80. The van der Waals surface area contributed by atoms with Crippen molar-refractivity contribution in [1.82, 2.24) is 15.0 Å². The largest absolute Gasteiger partial charge is 0.405 e. The van der Waals surface area contributed by atoms with Gasteiger partial charge >= 0.3 is 6.18 Å². The first-order chi connectivity index (χ1) is 8.44. The Morgan fingerprint density at radius 2 is 1.83 bits per heavy atom. The van der Waals surface area contributed by atoms with Crippen LogP contribution in [-0.4, -0.2) is 40.8 Å². The lowest BCUT2D eigenvalue weighted by atomic mass is 10.4. The minimum absolute atomic E-state index is 0.0865. The van der Waals surface area contributed by atoms with Gasteiger partial charge in [0.15, 0.2) is 0 Å². The second kappa shape index (κ2) is 4.83. The van der Waals surface area contributed by atoms with Crippen molar-refractivity contribution in [3.8, 4) is 0 Å². The van der Waals surface area contributed by atoms with Gasteiger partial charge in [0.05, 0.1) is 0 Å². The molecular weight excluding hydrogens is 249 g/mol. The Morgan fingerprint density at radius 1 is 1.17 bits per heavy atom. The number of rotatable bonds is 3. The van der Waals surface area contributed by atoms with Gasteiger partial charge in [0.25, 0.3) is 0 Å². The molecule has 1 aromatic heterocycles. The molecule has 0 aromatic carbocycles. The molecule has 1 saturated heterocycles. The van der Waals surface area contributed by atoms with Crippen LogP contribution in [0.5, 0.6) is 0 Å². The lowest BCUT2D eigenvalue weighted by molar-refractivity contribution is -0.115. The van der Waals surface area contributed by atoms with Gasteiger partial charge in [-0.2, -0.15) is 28.1 Å².